The Morgan fingerprint density at radius 2 is 1.68 bits per heavy atom. The number of amides is 1. The molecule has 0 aliphatic rings. The molecule has 0 unspecified atom stereocenters. The lowest BCUT2D eigenvalue weighted by atomic mass is 10.1. The summed E-state index contributed by atoms with van der Waals surface area (Å²) in [4.78, 5) is 16.9. The number of fused-ring (bicyclic) bond motifs is 1. The van der Waals surface area contributed by atoms with Gasteiger partial charge in [-0.1, -0.05) is 65.1 Å². The largest absolute Gasteiger partial charge is 0.433 e. The van der Waals surface area contributed by atoms with Crippen LogP contribution < -0.4 is 5.32 Å². The summed E-state index contributed by atoms with van der Waals surface area (Å²) in [6.07, 6.45) is -4.77. The lowest BCUT2D eigenvalue weighted by Crippen LogP contribution is -2.15. The van der Waals surface area contributed by atoms with Crippen LogP contribution in [0.2, 0.25) is 15.1 Å². The Hall–Kier alpha value is -2.81. The molecule has 0 radical (unpaired) electrons. The van der Waals surface area contributed by atoms with Crippen molar-refractivity contribution in [2.45, 2.75) is 6.18 Å². The van der Waals surface area contributed by atoms with E-state index in [4.69, 9.17) is 34.8 Å². The molecule has 0 aliphatic heterocycles. The van der Waals surface area contributed by atoms with E-state index in [0.717, 1.165) is 6.07 Å². The van der Waals surface area contributed by atoms with Crippen molar-refractivity contribution in [2.75, 3.05) is 5.32 Å². The molecule has 5 nitrogen and oxygen atoms in total. The van der Waals surface area contributed by atoms with Crippen molar-refractivity contribution >= 4 is 52.0 Å². The molecular formula is C20H10Cl3F3N4O. The molecule has 31 heavy (non-hydrogen) atoms. The Morgan fingerprint density at radius 1 is 0.968 bits per heavy atom. The monoisotopic (exact) mass is 484 g/mol. The molecule has 1 amide bonds. The molecule has 0 saturated carbocycles. The summed E-state index contributed by atoms with van der Waals surface area (Å²) in [5.74, 6) is -0.830. The number of hydrogen-bond donors (Lipinski definition) is 1. The average Bonchev–Trinajstić information content (AvgIpc) is 3.06. The van der Waals surface area contributed by atoms with E-state index >= 15 is 0 Å². The van der Waals surface area contributed by atoms with Crippen molar-refractivity contribution in [3.8, 4) is 11.3 Å². The summed E-state index contributed by atoms with van der Waals surface area (Å²) in [5.41, 5.74) is -1.08. The molecule has 2 heterocycles. The van der Waals surface area contributed by atoms with Crippen molar-refractivity contribution in [1.29, 1.82) is 0 Å². The van der Waals surface area contributed by atoms with Crippen molar-refractivity contribution in [3.63, 3.8) is 0 Å². The van der Waals surface area contributed by atoms with Gasteiger partial charge in [-0.05, 0) is 24.3 Å². The predicted molar refractivity (Wildman–Crippen MR) is 113 cm³/mol. The molecule has 1 N–H and O–H groups in total. The van der Waals surface area contributed by atoms with Crippen LogP contribution in [-0.4, -0.2) is 20.5 Å². The quantitative estimate of drug-likeness (QED) is 0.354. The maximum absolute atomic E-state index is 13.7. The number of rotatable bonds is 3. The Balaban J connectivity index is 1.83. The molecule has 158 valence electrons. The number of carbonyl (C=O) groups excluding carboxylic acids is 1. The molecule has 2 aromatic carbocycles. The first-order valence-corrected chi connectivity index (χ1v) is 9.77. The first kappa shape index (κ1) is 21.4. The van der Waals surface area contributed by atoms with E-state index in [1.807, 2.05) is 0 Å². The third kappa shape index (κ3) is 4.19. The maximum Gasteiger partial charge on any atom is 0.433 e. The van der Waals surface area contributed by atoms with Gasteiger partial charge in [0.05, 0.1) is 15.7 Å². The Kier molecular flexibility index (Phi) is 5.55. The Morgan fingerprint density at radius 3 is 2.32 bits per heavy atom. The van der Waals surface area contributed by atoms with Crippen molar-refractivity contribution in [1.82, 2.24) is 14.6 Å². The highest BCUT2D eigenvalue weighted by atomic mass is 35.5. The number of hydrogen-bond acceptors (Lipinski definition) is 3. The number of aromatic nitrogens is 3. The van der Waals surface area contributed by atoms with Gasteiger partial charge in [-0.3, -0.25) is 4.79 Å². The normalized spacial score (nSPS) is 11.7. The zero-order chi connectivity index (χ0) is 22.3. The zero-order valence-electron chi connectivity index (χ0n) is 15.2. The van der Waals surface area contributed by atoms with Gasteiger partial charge in [-0.15, -0.1) is 0 Å². The van der Waals surface area contributed by atoms with Crippen LogP contribution in [0.5, 0.6) is 0 Å². The minimum Gasteiger partial charge on any atom is -0.320 e. The van der Waals surface area contributed by atoms with Crippen molar-refractivity contribution in [2.24, 2.45) is 0 Å². The number of benzene rings is 2. The lowest BCUT2D eigenvalue weighted by Gasteiger charge is -2.11. The van der Waals surface area contributed by atoms with Gasteiger partial charge in [0.2, 0.25) is 0 Å². The van der Waals surface area contributed by atoms with E-state index in [0.29, 0.717) is 10.1 Å². The molecule has 4 aromatic rings. The molecule has 0 saturated heterocycles. The number of alkyl halides is 3. The highest BCUT2D eigenvalue weighted by Crippen LogP contribution is 2.35. The standard InChI is InChI=1S/C20H10Cl3F3N4O/c21-12-7-6-11(8-13(12)22)27-19(31)17-16(23)18-28-14(10-4-2-1-3-5-10)9-15(20(24,25)26)30(18)29-17/h1-9H,(H,27,31). The van der Waals surface area contributed by atoms with Gasteiger partial charge in [0, 0.05) is 11.3 Å². The summed E-state index contributed by atoms with van der Waals surface area (Å²) in [5, 5.41) is 6.41. The molecule has 0 fully saturated rings. The molecule has 0 bridgehead atoms. The first-order chi connectivity index (χ1) is 14.6. The fourth-order valence-corrected chi connectivity index (χ4v) is 3.40. The van der Waals surface area contributed by atoms with Crippen LogP contribution in [-0.2, 0) is 6.18 Å². The van der Waals surface area contributed by atoms with Crippen LogP contribution in [0.3, 0.4) is 0 Å². The number of nitrogens with one attached hydrogen (secondary N) is 1. The zero-order valence-corrected chi connectivity index (χ0v) is 17.5. The first-order valence-electron chi connectivity index (χ1n) is 8.63. The number of carbonyl (C=O) groups is 1. The Bertz CT molecular complexity index is 1310. The van der Waals surface area contributed by atoms with Gasteiger partial charge in [-0.25, -0.2) is 9.50 Å². The van der Waals surface area contributed by atoms with Crippen LogP contribution in [0, 0.1) is 0 Å². The second-order valence-corrected chi connectivity index (χ2v) is 7.56. The highest BCUT2D eigenvalue weighted by Gasteiger charge is 2.36. The van der Waals surface area contributed by atoms with Gasteiger partial charge in [-0.2, -0.15) is 18.3 Å². The molecule has 4 rings (SSSR count). The molecule has 0 atom stereocenters. The second kappa shape index (κ2) is 8.03. The summed E-state index contributed by atoms with van der Waals surface area (Å²) >= 11 is 18.0. The molecule has 0 spiro atoms. The van der Waals surface area contributed by atoms with E-state index in [9.17, 15) is 18.0 Å². The SMILES string of the molecule is O=C(Nc1ccc(Cl)c(Cl)c1)c1nn2c(C(F)(F)F)cc(-c3ccccc3)nc2c1Cl. The number of nitrogens with zero attached hydrogens (tertiary/aromatic N) is 3. The smallest absolute Gasteiger partial charge is 0.320 e. The Labute approximate surface area is 188 Å². The minimum absolute atomic E-state index is 0.0404. The fourth-order valence-electron chi connectivity index (χ4n) is 2.86. The van der Waals surface area contributed by atoms with E-state index in [1.165, 1.54) is 18.2 Å². The predicted octanol–water partition coefficient (Wildman–Crippen LogP) is 6.63. The van der Waals surface area contributed by atoms with Crippen LogP contribution in [0.4, 0.5) is 18.9 Å². The number of halogens is 6. The summed E-state index contributed by atoms with van der Waals surface area (Å²) in [6, 6.07) is 13.5. The fraction of sp³-hybridized carbons (Fsp3) is 0.0500. The molecule has 11 heteroatoms. The summed E-state index contributed by atoms with van der Waals surface area (Å²) in [6.45, 7) is 0. The van der Waals surface area contributed by atoms with Crippen LogP contribution >= 0.6 is 34.8 Å². The van der Waals surface area contributed by atoms with E-state index in [-0.39, 0.29) is 32.1 Å². The number of anilines is 1. The van der Waals surface area contributed by atoms with Crippen LogP contribution in [0.15, 0.2) is 54.6 Å². The van der Waals surface area contributed by atoms with Crippen molar-refractivity contribution < 1.29 is 18.0 Å². The van der Waals surface area contributed by atoms with Gasteiger partial charge in [0.25, 0.3) is 5.91 Å². The van der Waals surface area contributed by atoms with Crippen LogP contribution in [0.1, 0.15) is 16.2 Å². The minimum atomic E-state index is -4.77. The van der Waals surface area contributed by atoms with Crippen molar-refractivity contribution in [3.05, 3.63) is 81.1 Å². The van der Waals surface area contributed by atoms with Gasteiger partial charge in [0.1, 0.15) is 5.02 Å². The third-order valence-corrected chi connectivity index (χ3v) is 5.37. The second-order valence-electron chi connectivity index (χ2n) is 6.37. The van der Waals surface area contributed by atoms with E-state index in [2.05, 4.69) is 15.4 Å². The molecular weight excluding hydrogens is 476 g/mol. The van der Waals surface area contributed by atoms with Gasteiger partial charge < -0.3 is 5.32 Å². The summed E-state index contributed by atoms with van der Waals surface area (Å²) < 4.78 is 41.7. The average molecular weight is 486 g/mol. The van der Waals surface area contributed by atoms with Gasteiger partial charge in [0.15, 0.2) is 17.0 Å². The topological polar surface area (TPSA) is 59.3 Å². The lowest BCUT2D eigenvalue weighted by molar-refractivity contribution is -0.142. The van der Waals surface area contributed by atoms with Gasteiger partial charge >= 0.3 is 6.18 Å². The molecule has 2 aromatic heterocycles. The van der Waals surface area contributed by atoms with E-state index in [1.54, 1.807) is 30.3 Å². The third-order valence-electron chi connectivity index (χ3n) is 4.29. The summed E-state index contributed by atoms with van der Waals surface area (Å²) in [7, 11) is 0. The molecule has 0 aliphatic carbocycles. The highest BCUT2D eigenvalue weighted by molar-refractivity contribution is 6.42. The van der Waals surface area contributed by atoms with E-state index < -0.39 is 23.5 Å². The van der Waals surface area contributed by atoms with Crippen LogP contribution in [0.25, 0.3) is 16.9 Å². The maximum atomic E-state index is 13.7.